The molecule has 1 aromatic carbocycles. The number of rotatable bonds is 5. The Hall–Kier alpha value is -3.82. The SMILES string of the molecule is Cc1cc2c(cc1F)c(C#N)c(-c1ccc(S(=O)(=O)N[C@@H](C)C(F)(F)F)cn1)n2-c1ncccc1C. The van der Waals surface area contributed by atoms with E-state index in [-0.39, 0.29) is 17.0 Å². The molecule has 3 aromatic heterocycles. The third kappa shape index (κ3) is 4.43. The molecular formula is C24H19F4N5O2S. The molecule has 186 valence electrons. The normalized spacial score (nSPS) is 13.1. The van der Waals surface area contributed by atoms with Crippen LogP contribution in [0.4, 0.5) is 17.6 Å². The molecule has 0 fully saturated rings. The zero-order valence-corrected chi connectivity index (χ0v) is 20.0. The molecule has 12 heteroatoms. The number of hydrogen-bond donors (Lipinski definition) is 1. The van der Waals surface area contributed by atoms with Gasteiger partial charge in [0, 0.05) is 17.8 Å². The molecule has 0 saturated heterocycles. The summed E-state index contributed by atoms with van der Waals surface area (Å²) in [6, 6.07) is 8.48. The standard InChI is InChI=1S/C24H19F4N5O2S/c1-13-5-4-8-30-23(13)33-21-9-14(2)19(25)10-17(21)18(11-29)22(33)20-7-6-16(12-31-20)36(34,35)32-15(3)24(26,27)28/h4-10,12,15,32H,1-3H3/t15-/m0/s1. The summed E-state index contributed by atoms with van der Waals surface area (Å²) in [5, 5.41) is 10.3. The zero-order valence-electron chi connectivity index (χ0n) is 19.2. The third-order valence-electron chi connectivity index (χ3n) is 5.67. The van der Waals surface area contributed by atoms with Crippen LogP contribution in [0.15, 0.2) is 53.7 Å². The predicted molar refractivity (Wildman–Crippen MR) is 124 cm³/mol. The van der Waals surface area contributed by atoms with E-state index in [0.29, 0.717) is 29.2 Å². The molecule has 4 aromatic rings. The van der Waals surface area contributed by atoms with Crippen molar-refractivity contribution < 1.29 is 26.0 Å². The summed E-state index contributed by atoms with van der Waals surface area (Å²) in [4.78, 5) is 8.09. The first kappa shape index (κ1) is 25.3. The van der Waals surface area contributed by atoms with Crippen LogP contribution in [0, 0.1) is 31.0 Å². The van der Waals surface area contributed by atoms with E-state index in [2.05, 4.69) is 16.0 Å². The molecule has 0 aliphatic heterocycles. The van der Waals surface area contributed by atoms with Gasteiger partial charge in [-0.2, -0.15) is 23.2 Å². The van der Waals surface area contributed by atoms with Crippen molar-refractivity contribution in [3.05, 3.63) is 71.3 Å². The fourth-order valence-electron chi connectivity index (χ4n) is 3.75. The van der Waals surface area contributed by atoms with E-state index in [1.807, 2.05) is 0 Å². The molecule has 0 saturated carbocycles. The number of nitrogens with zero attached hydrogens (tertiary/aromatic N) is 4. The van der Waals surface area contributed by atoms with Crippen LogP contribution in [0.2, 0.25) is 0 Å². The number of pyridine rings is 2. The maximum absolute atomic E-state index is 14.5. The molecule has 0 bridgehead atoms. The van der Waals surface area contributed by atoms with Gasteiger partial charge in [-0.3, -0.25) is 9.55 Å². The lowest BCUT2D eigenvalue weighted by molar-refractivity contribution is -0.147. The quantitative estimate of drug-likeness (QED) is 0.378. The molecule has 4 rings (SSSR count). The first-order chi connectivity index (χ1) is 16.8. The van der Waals surface area contributed by atoms with Crippen LogP contribution in [-0.4, -0.2) is 35.2 Å². The van der Waals surface area contributed by atoms with E-state index in [4.69, 9.17) is 0 Å². The molecule has 0 unspecified atom stereocenters. The molecule has 0 aliphatic rings. The molecule has 0 radical (unpaired) electrons. The third-order valence-corrected chi connectivity index (χ3v) is 7.19. The first-order valence-electron chi connectivity index (χ1n) is 10.6. The summed E-state index contributed by atoms with van der Waals surface area (Å²) in [7, 11) is -4.53. The number of nitrogens with one attached hydrogen (secondary N) is 1. The molecule has 3 heterocycles. The van der Waals surface area contributed by atoms with Crippen molar-refractivity contribution in [2.75, 3.05) is 0 Å². The van der Waals surface area contributed by atoms with Crippen LogP contribution in [0.1, 0.15) is 23.6 Å². The predicted octanol–water partition coefficient (Wildman–Crippen LogP) is 4.94. The maximum atomic E-state index is 14.5. The summed E-state index contributed by atoms with van der Waals surface area (Å²) in [5.41, 5.74) is 2.03. The molecule has 0 amide bonds. The second-order valence-corrected chi connectivity index (χ2v) is 9.91. The Bertz CT molecular complexity index is 1620. The minimum atomic E-state index is -4.77. The van der Waals surface area contributed by atoms with E-state index >= 15 is 0 Å². The number of nitriles is 1. The summed E-state index contributed by atoms with van der Waals surface area (Å²) < 4.78 is 81.1. The van der Waals surface area contributed by atoms with E-state index in [1.54, 1.807) is 47.5 Å². The topological polar surface area (TPSA) is 101 Å². The molecule has 7 nitrogen and oxygen atoms in total. The van der Waals surface area contributed by atoms with E-state index in [1.165, 1.54) is 12.1 Å². The lowest BCUT2D eigenvalue weighted by Gasteiger charge is -2.17. The minimum Gasteiger partial charge on any atom is -0.291 e. The lowest BCUT2D eigenvalue weighted by atomic mass is 10.1. The van der Waals surface area contributed by atoms with Crippen molar-refractivity contribution in [2.45, 2.75) is 37.9 Å². The number of aryl methyl sites for hydroxylation is 2. The Morgan fingerprint density at radius 3 is 2.42 bits per heavy atom. The Morgan fingerprint density at radius 1 is 1.11 bits per heavy atom. The highest BCUT2D eigenvalue weighted by Gasteiger charge is 2.39. The van der Waals surface area contributed by atoms with Gasteiger partial charge in [0.1, 0.15) is 28.6 Å². The van der Waals surface area contributed by atoms with E-state index in [0.717, 1.165) is 17.8 Å². The van der Waals surface area contributed by atoms with Crippen molar-refractivity contribution in [3.8, 4) is 23.3 Å². The van der Waals surface area contributed by atoms with Crippen molar-refractivity contribution in [2.24, 2.45) is 0 Å². The molecule has 0 aliphatic carbocycles. The summed E-state index contributed by atoms with van der Waals surface area (Å²) in [6.07, 6.45) is -2.31. The number of sulfonamides is 1. The van der Waals surface area contributed by atoms with Crippen molar-refractivity contribution in [3.63, 3.8) is 0 Å². The van der Waals surface area contributed by atoms with Crippen LogP contribution < -0.4 is 4.72 Å². The van der Waals surface area contributed by atoms with Gasteiger partial charge in [0.2, 0.25) is 10.0 Å². The smallest absolute Gasteiger partial charge is 0.291 e. The van der Waals surface area contributed by atoms with Crippen molar-refractivity contribution >= 4 is 20.9 Å². The highest BCUT2D eigenvalue weighted by molar-refractivity contribution is 7.89. The minimum absolute atomic E-state index is 0.0841. The maximum Gasteiger partial charge on any atom is 0.404 e. The number of halogens is 4. The number of benzene rings is 1. The van der Waals surface area contributed by atoms with E-state index in [9.17, 15) is 31.2 Å². The highest BCUT2D eigenvalue weighted by Crippen LogP contribution is 2.37. The second kappa shape index (κ2) is 9.00. The van der Waals surface area contributed by atoms with Gasteiger partial charge in [0.25, 0.3) is 0 Å². The number of alkyl halides is 3. The molecular weight excluding hydrogens is 498 g/mol. The van der Waals surface area contributed by atoms with Crippen LogP contribution in [-0.2, 0) is 10.0 Å². The van der Waals surface area contributed by atoms with Gasteiger partial charge in [-0.1, -0.05) is 6.07 Å². The van der Waals surface area contributed by atoms with Crippen LogP contribution in [0.25, 0.3) is 28.1 Å². The highest BCUT2D eigenvalue weighted by atomic mass is 32.2. The number of aromatic nitrogens is 3. The summed E-state index contributed by atoms with van der Waals surface area (Å²) in [6.45, 7) is 4.07. The molecule has 1 atom stereocenters. The molecule has 1 N–H and O–H groups in total. The fourth-order valence-corrected chi connectivity index (χ4v) is 4.92. The second-order valence-electron chi connectivity index (χ2n) is 8.20. The summed E-state index contributed by atoms with van der Waals surface area (Å²) >= 11 is 0. The lowest BCUT2D eigenvalue weighted by Crippen LogP contribution is -2.42. The average Bonchev–Trinajstić information content (AvgIpc) is 3.11. The van der Waals surface area contributed by atoms with Crippen LogP contribution in [0.3, 0.4) is 0 Å². The van der Waals surface area contributed by atoms with Gasteiger partial charge in [-0.05, 0) is 62.2 Å². The fraction of sp³-hybridized carbons (Fsp3) is 0.208. The van der Waals surface area contributed by atoms with Gasteiger partial charge < -0.3 is 0 Å². The molecule has 36 heavy (non-hydrogen) atoms. The average molecular weight is 518 g/mol. The number of fused-ring (bicyclic) bond motifs is 1. The van der Waals surface area contributed by atoms with Gasteiger partial charge in [-0.15, -0.1) is 0 Å². The van der Waals surface area contributed by atoms with Crippen molar-refractivity contribution in [1.29, 1.82) is 5.26 Å². The van der Waals surface area contributed by atoms with Gasteiger partial charge >= 0.3 is 6.18 Å². The van der Waals surface area contributed by atoms with Crippen molar-refractivity contribution in [1.82, 2.24) is 19.3 Å². The Labute approximate surface area is 204 Å². The Balaban J connectivity index is 1.93. The van der Waals surface area contributed by atoms with Gasteiger partial charge in [0.05, 0.1) is 22.5 Å². The van der Waals surface area contributed by atoms with Gasteiger partial charge in [0.15, 0.2) is 0 Å². The number of hydrogen-bond acceptors (Lipinski definition) is 5. The Kier molecular flexibility index (Phi) is 6.32. The molecule has 0 spiro atoms. The monoisotopic (exact) mass is 517 g/mol. The van der Waals surface area contributed by atoms with E-state index < -0.39 is 33.0 Å². The Morgan fingerprint density at radius 2 is 1.83 bits per heavy atom. The zero-order chi connectivity index (χ0) is 26.4. The largest absolute Gasteiger partial charge is 0.404 e. The van der Waals surface area contributed by atoms with Crippen LogP contribution in [0.5, 0.6) is 0 Å². The van der Waals surface area contributed by atoms with Gasteiger partial charge in [-0.25, -0.2) is 17.8 Å². The first-order valence-corrected chi connectivity index (χ1v) is 12.1. The summed E-state index contributed by atoms with van der Waals surface area (Å²) in [5.74, 6) is -0.0659. The van der Waals surface area contributed by atoms with Crippen LogP contribution >= 0.6 is 0 Å².